The lowest BCUT2D eigenvalue weighted by atomic mass is 10.2. The summed E-state index contributed by atoms with van der Waals surface area (Å²) in [5, 5.41) is 7.13. The van der Waals surface area contributed by atoms with E-state index in [1.807, 2.05) is 12.3 Å². The monoisotopic (exact) mass is 785 g/mol. The Morgan fingerprint density at radius 1 is 0.400 bits per heavy atom. The topological polar surface area (TPSA) is 65.8 Å². The Hall–Kier alpha value is -7.94. The molecular weight excluding hydrogens is 751 g/mol. The number of hydrogen-bond donors (Lipinski definition) is 0. The zero-order valence-electron chi connectivity index (χ0n) is 32.3. The van der Waals surface area contributed by atoms with Crippen molar-refractivity contribution in [3.63, 3.8) is 0 Å². The highest BCUT2D eigenvalue weighted by Gasteiger charge is 2.43. The first kappa shape index (κ1) is 34.1. The molecule has 60 heavy (non-hydrogen) atoms. The molecule has 0 saturated heterocycles. The van der Waals surface area contributed by atoms with Crippen LogP contribution in [-0.4, -0.2) is 41.5 Å². The number of rotatable bonds is 7. The second kappa shape index (κ2) is 13.6. The standard InChI is InChI=1S/C52H35N7Si/c1-4-18-37(19-5-1)60(38-20-6-2-7-21-38,39-22-8-3-9-23-39)50-34-36(32-33-53-50)43-35-49(57-44-27-13-10-24-40(44)41-25-11-14-28-45(41)57)56-51(54-43)59-48-31-17-16-30-47(48)58-46-29-15-12-26-42(46)55-52(58)59/h1-35H. The number of para-hydroxylation sites is 6. The Bertz CT molecular complexity index is 3410. The number of imidazole rings is 2. The van der Waals surface area contributed by atoms with Crippen LogP contribution in [0.5, 0.6) is 0 Å². The van der Waals surface area contributed by atoms with Crippen LogP contribution in [0.15, 0.2) is 212 Å². The van der Waals surface area contributed by atoms with Gasteiger partial charge in [0.15, 0.2) is 0 Å². The van der Waals surface area contributed by atoms with Crippen LogP contribution >= 0.6 is 0 Å². The normalized spacial score (nSPS) is 12.0. The maximum absolute atomic E-state index is 5.50. The molecule has 7 nitrogen and oxygen atoms in total. The Morgan fingerprint density at radius 3 is 1.53 bits per heavy atom. The molecule has 5 aromatic heterocycles. The van der Waals surface area contributed by atoms with Crippen molar-refractivity contribution in [2.45, 2.75) is 0 Å². The molecule has 0 bridgehead atoms. The molecule has 0 aliphatic carbocycles. The van der Waals surface area contributed by atoms with Gasteiger partial charge in [-0.2, -0.15) is 4.98 Å². The molecule has 0 radical (unpaired) electrons. The zero-order valence-corrected chi connectivity index (χ0v) is 33.3. The zero-order chi connectivity index (χ0) is 39.6. The molecule has 282 valence electrons. The third kappa shape index (κ3) is 5.08. The third-order valence-electron chi connectivity index (χ3n) is 11.9. The summed E-state index contributed by atoms with van der Waals surface area (Å²) in [7, 11) is -2.94. The van der Waals surface area contributed by atoms with E-state index in [0.717, 1.165) is 61.3 Å². The fourth-order valence-corrected chi connectivity index (χ4v) is 13.9. The molecular formula is C52H35N7Si. The lowest BCUT2D eigenvalue weighted by molar-refractivity contribution is 0.937. The Kier molecular flexibility index (Phi) is 7.73. The van der Waals surface area contributed by atoms with Gasteiger partial charge in [0.05, 0.1) is 38.8 Å². The maximum atomic E-state index is 5.50. The summed E-state index contributed by atoms with van der Waals surface area (Å²) < 4.78 is 6.59. The van der Waals surface area contributed by atoms with Crippen LogP contribution in [0, 0.1) is 0 Å². The molecule has 12 rings (SSSR count). The van der Waals surface area contributed by atoms with E-state index in [1.54, 1.807) is 0 Å². The Labute approximate surface area is 346 Å². The highest BCUT2D eigenvalue weighted by molar-refractivity contribution is 7.19. The first-order chi connectivity index (χ1) is 29.8. The van der Waals surface area contributed by atoms with Crippen LogP contribution in [0.2, 0.25) is 0 Å². The second-order valence-corrected chi connectivity index (χ2v) is 18.9. The van der Waals surface area contributed by atoms with Crippen molar-refractivity contribution in [3.8, 4) is 23.0 Å². The lowest BCUT2D eigenvalue weighted by Crippen LogP contribution is -2.75. The number of aromatic nitrogens is 7. The summed E-state index contributed by atoms with van der Waals surface area (Å²) in [4.78, 5) is 21.5. The second-order valence-electron chi connectivity index (χ2n) is 15.1. The van der Waals surface area contributed by atoms with Crippen molar-refractivity contribution in [3.05, 3.63) is 212 Å². The fourth-order valence-electron chi connectivity index (χ4n) is 9.30. The SMILES string of the molecule is c1ccc([Si](c2ccccc2)(c2ccccc2)c2cc(-c3cc(-n4c5ccccc5c5ccccc54)nc(-n4c5ccccc5n5c6ccccc6nc45)n3)ccn2)cc1. The Balaban J connectivity index is 1.17. The molecule has 0 amide bonds. The van der Waals surface area contributed by atoms with Crippen LogP contribution < -0.4 is 20.9 Å². The van der Waals surface area contributed by atoms with Gasteiger partial charge in [-0.05, 0) is 64.1 Å². The van der Waals surface area contributed by atoms with Crippen LogP contribution in [0.1, 0.15) is 0 Å². The number of fused-ring (bicyclic) bond motifs is 8. The fraction of sp³-hybridized carbons (Fsp3) is 0. The van der Waals surface area contributed by atoms with Gasteiger partial charge in [0.1, 0.15) is 5.82 Å². The highest BCUT2D eigenvalue weighted by atomic mass is 28.3. The van der Waals surface area contributed by atoms with Crippen LogP contribution in [0.25, 0.3) is 72.7 Å². The van der Waals surface area contributed by atoms with Gasteiger partial charge in [0, 0.05) is 33.9 Å². The summed E-state index contributed by atoms with van der Waals surface area (Å²) in [5.41, 5.74) is 7.82. The van der Waals surface area contributed by atoms with Crippen LogP contribution in [-0.2, 0) is 0 Å². The van der Waals surface area contributed by atoms with Crippen molar-refractivity contribution < 1.29 is 0 Å². The van der Waals surface area contributed by atoms with E-state index in [-0.39, 0.29) is 0 Å². The van der Waals surface area contributed by atoms with Gasteiger partial charge < -0.3 is 0 Å². The average Bonchev–Trinajstić information content (AvgIpc) is 3.97. The third-order valence-corrected chi connectivity index (χ3v) is 16.5. The maximum Gasteiger partial charge on any atom is 0.239 e. The summed E-state index contributed by atoms with van der Waals surface area (Å²) in [6, 6.07) is 73.0. The van der Waals surface area contributed by atoms with E-state index in [9.17, 15) is 0 Å². The summed E-state index contributed by atoms with van der Waals surface area (Å²) in [5.74, 6) is 2.04. The summed E-state index contributed by atoms with van der Waals surface area (Å²) in [6.07, 6.45) is 1.95. The van der Waals surface area contributed by atoms with E-state index >= 15 is 0 Å². The summed E-state index contributed by atoms with van der Waals surface area (Å²) in [6.45, 7) is 0. The van der Waals surface area contributed by atoms with Crippen molar-refractivity contribution in [2.75, 3.05) is 0 Å². The van der Waals surface area contributed by atoms with Gasteiger partial charge >= 0.3 is 0 Å². The van der Waals surface area contributed by atoms with Gasteiger partial charge in [-0.1, -0.05) is 152 Å². The number of benzene rings is 7. The average molecular weight is 786 g/mol. The van der Waals surface area contributed by atoms with E-state index in [0.29, 0.717) is 5.95 Å². The molecule has 0 spiro atoms. The number of hydrogen-bond acceptors (Lipinski definition) is 4. The van der Waals surface area contributed by atoms with Gasteiger partial charge in [-0.25, -0.2) is 14.5 Å². The smallest absolute Gasteiger partial charge is 0.239 e. The van der Waals surface area contributed by atoms with E-state index < -0.39 is 8.07 Å². The highest BCUT2D eigenvalue weighted by Crippen LogP contribution is 2.34. The first-order valence-corrected chi connectivity index (χ1v) is 22.2. The molecule has 0 unspecified atom stereocenters. The van der Waals surface area contributed by atoms with Crippen molar-refractivity contribution >= 4 is 78.6 Å². The molecule has 8 heteroatoms. The minimum absolute atomic E-state index is 0.530. The molecule has 0 atom stereocenters. The predicted octanol–water partition coefficient (Wildman–Crippen LogP) is 8.76. The number of nitrogens with zero attached hydrogens (tertiary/aromatic N) is 7. The molecule has 0 aliphatic rings. The Morgan fingerprint density at radius 2 is 0.917 bits per heavy atom. The molecule has 0 saturated carbocycles. The summed E-state index contributed by atoms with van der Waals surface area (Å²) >= 11 is 0. The predicted molar refractivity (Wildman–Crippen MR) is 246 cm³/mol. The van der Waals surface area contributed by atoms with Crippen molar-refractivity contribution in [2.24, 2.45) is 0 Å². The minimum Gasteiger partial charge on any atom is -0.294 e. The molecule has 0 aliphatic heterocycles. The van der Waals surface area contributed by atoms with Gasteiger partial charge in [0.25, 0.3) is 0 Å². The first-order valence-electron chi connectivity index (χ1n) is 20.2. The molecule has 7 aromatic carbocycles. The van der Waals surface area contributed by atoms with E-state index in [2.05, 4.69) is 214 Å². The largest absolute Gasteiger partial charge is 0.294 e. The quantitative estimate of drug-likeness (QED) is 0.120. The van der Waals surface area contributed by atoms with Gasteiger partial charge in [-0.3, -0.25) is 14.0 Å². The lowest BCUT2D eigenvalue weighted by Gasteiger charge is -2.33. The van der Waals surface area contributed by atoms with E-state index in [1.165, 1.54) is 26.3 Å². The molecule has 0 N–H and O–H groups in total. The van der Waals surface area contributed by atoms with Gasteiger partial charge in [-0.15, -0.1) is 0 Å². The van der Waals surface area contributed by atoms with Crippen molar-refractivity contribution in [1.82, 2.24) is 33.5 Å². The molecule has 5 heterocycles. The van der Waals surface area contributed by atoms with E-state index in [4.69, 9.17) is 19.9 Å². The van der Waals surface area contributed by atoms with Gasteiger partial charge in [0.2, 0.25) is 19.8 Å². The molecule has 12 aromatic rings. The molecule has 0 fully saturated rings. The minimum atomic E-state index is -2.94. The van der Waals surface area contributed by atoms with Crippen LogP contribution in [0.3, 0.4) is 0 Å². The number of pyridine rings is 1. The van der Waals surface area contributed by atoms with Crippen molar-refractivity contribution in [1.29, 1.82) is 0 Å². The van der Waals surface area contributed by atoms with Crippen LogP contribution in [0.4, 0.5) is 0 Å².